The standard InChI is InChI=1S/C28H30ClN3O4/c1-3-36-27(34)14-13-26(33)30-15-17-31(18-16-30)28(35)24-19-25(21-9-11-22(29)12-10-21)32(20(24)2)23-7-5-4-6-8-23/h4-12,19H,3,13-18H2,1-2H3. The van der Waals surface area contributed by atoms with Crippen molar-refractivity contribution in [3.8, 4) is 16.9 Å². The second-order valence-corrected chi connectivity index (χ2v) is 9.12. The van der Waals surface area contributed by atoms with Crippen LogP contribution in [0.4, 0.5) is 0 Å². The molecule has 1 aliphatic rings. The molecule has 188 valence electrons. The van der Waals surface area contributed by atoms with Gasteiger partial charge in [0.1, 0.15) is 0 Å². The van der Waals surface area contributed by atoms with Crippen LogP contribution in [0.25, 0.3) is 16.9 Å². The molecule has 3 aromatic rings. The van der Waals surface area contributed by atoms with Crippen LogP contribution in [-0.4, -0.2) is 64.9 Å². The Morgan fingerprint density at radius 1 is 0.889 bits per heavy atom. The van der Waals surface area contributed by atoms with Crippen molar-refractivity contribution in [2.24, 2.45) is 0 Å². The highest BCUT2D eigenvalue weighted by Gasteiger charge is 2.28. The highest BCUT2D eigenvalue weighted by molar-refractivity contribution is 6.30. The van der Waals surface area contributed by atoms with Gasteiger partial charge in [-0.3, -0.25) is 14.4 Å². The molecule has 2 amide bonds. The molecule has 0 N–H and O–H groups in total. The lowest BCUT2D eigenvalue weighted by atomic mass is 10.1. The number of rotatable bonds is 7. The summed E-state index contributed by atoms with van der Waals surface area (Å²) < 4.78 is 6.99. The van der Waals surface area contributed by atoms with Crippen LogP contribution in [0.15, 0.2) is 60.7 Å². The maximum absolute atomic E-state index is 13.6. The van der Waals surface area contributed by atoms with Gasteiger partial charge in [0.15, 0.2) is 0 Å². The van der Waals surface area contributed by atoms with Gasteiger partial charge < -0.3 is 19.1 Å². The molecule has 1 aromatic heterocycles. The van der Waals surface area contributed by atoms with Gasteiger partial charge in [-0.05, 0) is 49.7 Å². The lowest BCUT2D eigenvalue weighted by molar-refractivity contribution is -0.146. The van der Waals surface area contributed by atoms with Gasteiger partial charge >= 0.3 is 5.97 Å². The summed E-state index contributed by atoms with van der Waals surface area (Å²) >= 11 is 6.11. The van der Waals surface area contributed by atoms with E-state index in [2.05, 4.69) is 4.57 Å². The Balaban J connectivity index is 1.52. The first-order valence-electron chi connectivity index (χ1n) is 12.2. The Bertz CT molecular complexity index is 1230. The van der Waals surface area contributed by atoms with E-state index in [-0.39, 0.29) is 30.6 Å². The third kappa shape index (κ3) is 5.62. The number of benzene rings is 2. The van der Waals surface area contributed by atoms with E-state index in [0.717, 1.165) is 22.6 Å². The Labute approximate surface area is 216 Å². The zero-order valence-electron chi connectivity index (χ0n) is 20.6. The van der Waals surface area contributed by atoms with Crippen molar-refractivity contribution in [3.05, 3.63) is 76.9 Å². The maximum Gasteiger partial charge on any atom is 0.306 e. The molecule has 1 fully saturated rings. The fourth-order valence-electron chi connectivity index (χ4n) is 4.50. The summed E-state index contributed by atoms with van der Waals surface area (Å²) in [5.41, 5.74) is 4.32. The van der Waals surface area contributed by atoms with Gasteiger partial charge in [0.2, 0.25) is 5.91 Å². The second-order valence-electron chi connectivity index (χ2n) is 8.68. The predicted octanol–water partition coefficient (Wildman–Crippen LogP) is 4.73. The molecule has 4 rings (SSSR count). The summed E-state index contributed by atoms with van der Waals surface area (Å²) in [6, 6.07) is 19.5. The van der Waals surface area contributed by atoms with Crippen LogP contribution in [0.3, 0.4) is 0 Å². The minimum absolute atomic E-state index is 0.0592. The summed E-state index contributed by atoms with van der Waals surface area (Å²) in [5.74, 6) is -0.517. The molecule has 0 spiro atoms. The molecule has 36 heavy (non-hydrogen) atoms. The largest absolute Gasteiger partial charge is 0.466 e. The molecular weight excluding hydrogens is 478 g/mol. The number of nitrogens with zero attached hydrogens (tertiary/aromatic N) is 3. The Hall–Kier alpha value is -3.58. The van der Waals surface area contributed by atoms with Gasteiger partial charge in [0, 0.05) is 49.0 Å². The topological polar surface area (TPSA) is 71.9 Å². The minimum Gasteiger partial charge on any atom is -0.466 e. The van der Waals surface area contributed by atoms with Crippen LogP contribution in [0.1, 0.15) is 35.8 Å². The number of carbonyl (C=O) groups is 3. The number of hydrogen-bond donors (Lipinski definition) is 0. The average Bonchev–Trinajstić information content (AvgIpc) is 3.25. The summed E-state index contributed by atoms with van der Waals surface area (Å²) in [6.07, 6.45) is 0.196. The molecule has 2 heterocycles. The number of esters is 1. The first-order chi connectivity index (χ1) is 17.4. The van der Waals surface area contributed by atoms with Gasteiger partial charge in [0.05, 0.1) is 24.3 Å². The molecule has 0 unspecified atom stereocenters. The molecule has 8 heteroatoms. The van der Waals surface area contributed by atoms with Crippen LogP contribution >= 0.6 is 11.6 Å². The summed E-state index contributed by atoms with van der Waals surface area (Å²) in [5, 5.41) is 0.652. The van der Waals surface area contributed by atoms with Crippen molar-refractivity contribution in [3.63, 3.8) is 0 Å². The highest BCUT2D eigenvalue weighted by atomic mass is 35.5. The SMILES string of the molecule is CCOC(=O)CCC(=O)N1CCN(C(=O)c2cc(-c3ccc(Cl)cc3)n(-c3ccccc3)c2C)CC1. The number of amides is 2. The monoisotopic (exact) mass is 507 g/mol. The quantitative estimate of drug-likeness (QED) is 0.433. The summed E-state index contributed by atoms with van der Waals surface area (Å²) in [4.78, 5) is 41.1. The van der Waals surface area contributed by atoms with E-state index in [4.69, 9.17) is 16.3 Å². The van der Waals surface area contributed by atoms with E-state index in [9.17, 15) is 14.4 Å². The summed E-state index contributed by atoms with van der Waals surface area (Å²) in [6.45, 7) is 5.76. The van der Waals surface area contributed by atoms with Crippen LogP contribution in [0.2, 0.25) is 5.02 Å². The fraction of sp³-hybridized carbons (Fsp3) is 0.321. The first-order valence-corrected chi connectivity index (χ1v) is 12.5. The Kier molecular flexibility index (Phi) is 8.10. The molecule has 7 nitrogen and oxygen atoms in total. The lowest BCUT2D eigenvalue weighted by Gasteiger charge is -2.34. The van der Waals surface area contributed by atoms with Crippen LogP contribution in [-0.2, 0) is 14.3 Å². The first kappa shape index (κ1) is 25.5. The Morgan fingerprint density at radius 2 is 1.53 bits per heavy atom. The van der Waals surface area contributed by atoms with Crippen molar-refractivity contribution < 1.29 is 19.1 Å². The van der Waals surface area contributed by atoms with E-state index in [1.165, 1.54) is 0 Å². The van der Waals surface area contributed by atoms with Crippen molar-refractivity contribution in [2.45, 2.75) is 26.7 Å². The number of para-hydroxylation sites is 1. The third-order valence-electron chi connectivity index (χ3n) is 6.40. The number of aromatic nitrogens is 1. The molecule has 2 aromatic carbocycles. The van der Waals surface area contributed by atoms with Gasteiger partial charge in [-0.25, -0.2) is 0 Å². The van der Waals surface area contributed by atoms with Crippen LogP contribution in [0, 0.1) is 6.92 Å². The molecular formula is C28H30ClN3O4. The zero-order valence-corrected chi connectivity index (χ0v) is 21.3. The van der Waals surface area contributed by atoms with Crippen molar-refractivity contribution >= 4 is 29.4 Å². The van der Waals surface area contributed by atoms with Gasteiger partial charge in [-0.2, -0.15) is 0 Å². The lowest BCUT2D eigenvalue weighted by Crippen LogP contribution is -2.50. The molecule has 0 radical (unpaired) electrons. The van der Waals surface area contributed by atoms with Gasteiger partial charge in [0.25, 0.3) is 5.91 Å². The zero-order chi connectivity index (χ0) is 25.7. The molecule has 1 saturated heterocycles. The number of ether oxygens (including phenoxy) is 1. The Morgan fingerprint density at radius 3 is 2.17 bits per heavy atom. The van der Waals surface area contributed by atoms with E-state index in [1.807, 2.05) is 67.6 Å². The van der Waals surface area contributed by atoms with E-state index >= 15 is 0 Å². The number of halogens is 1. The molecule has 0 saturated carbocycles. The normalized spacial score (nSPS) is 13.5. The van der Waals surface area contributed by atoms with Gasteiger partial charge in [-0.15, -0.1) is 0 Å². The van der Waals surface area contributed by atoms with E-state index < -0.39 is 0 Å². The minimum atomic E-state index is -0.366. The highest BCUT2D eigenvalue weighted by Crippen LogP contribution is 2.31. The smallest absolute Gasteiger partial charge is 0.306 e. The summed E-state index contributed by atoms with van der Waals surface area (Å²) in [7, 11) is 0. The molecule has 1 aliphatic heterocycles. The number of piperazine rings is 1. The molecule has 0 atom stereocenters. The van der Waals surface area contributed by atoms with E-state index in [1.54, 1.807) is 16.7 Å². The number of hydrogen-bond acceptors (Lipinski definition) is 4. The van der Waals surface area contributed by atoms with E-state index in [0.29, 0.717) is 43.4 Å². The van der Waals surface area contributed by atoms with Crippen LogP contribution < -0.4 is 0 Å². The fourth-order valence-corrected chi connectivity index (χ4v) is 4.62. The van der Waals surface area contributed by atoms with Gasteiger partial charge in [-0.1, -0.05) is 41.9 Å². The maximum atomic E-state index is 13.6. The predicted molar refractivity (Wildman–Crippen MR) is 139 cm³/mol. The average molecular weight is 508 g/mol. The van der Waals surface area contributed by atoms with Crippen molar-refractivity contribution in [1.29, 1.82) is 0 Å². The van der Waals surface area contributed by atoms with Crippen molar-refractivity contribution in [1.82, 2.24) is 14.4 Å². The second kappa shape index (κ2) is 11.4. The molecule has 0 bridgehead atoms. The number of carbonyl (C=O) groups excluding carboxylic acids is 3. The van der Waals surface area contributed by atoms with Crippen molar-refractivity contribution in [2.75, 3.05) is 32.8 Å². The third-order valence-corrected chi connectivity index (χ3v) is 6.65. The molecule has 0 aliphatic carbocycles. The van der Waals surface area contributed by atoms with Crippen LogP contribution in [0.5, 0.6) is 0 Å².